The van der Waals surface area contributed by atoms with Crippen LogP contribution in [0.5, 0.6) is 0 Å². The molecule has 0 saturated heterocycles. The zero-order valence-corrected chi connectivity index (χ0v) is 19.7. The summed E-state index contributed by atoms with van der Waals surface area (Å²) in [5.41, 5.74) is 4.10. The van der Waals surface area contributed by atoms with Crippen molar-refractivity contribution in [3.8, 4) is 11.4 Å². The molecule has 0 atom stereocenters. The predicted molar refractivity (Wildman–Crippen MR) is 136 cm³/mol. The van der Waals surface area contributed by atoms with Gasteiger partial charge in [-0.3, -0.25) is 9.59 Å². The number of imidazole rings is 1. The van der Waals surface area contributed by atoms with E-state index in [-0.39, 0.29) is 17.9 Å². The van der Waals surface area contributed by atoms with Crippen molar-refractivity contribution in [3.63, 3.8) is 0 Å². The van der Waals surface area contributed by atoms with Gasteiger partial charge in [0.15, 0.2) is 0 Å². The lowest BCUT2D eigenvalue weighted by atomic mass is 10.1. The van der Waals surface area contributed by atoms with Crippen LogP contribution in [0, 0.1) is 0 Å². The highest BCUT2D eigenvalue weighted by Crippen LogP contribution is 2.26. The Hall–Kier alpha value is -3.35. The van der Waals surface area contributed by atoms with Gasteiger partial charge >= 0.3 is 0 Å². The van der Waals surface area contributed by atoms with Gasteiger partial charge in [-0.1, -0.05) is 48.2 Å². The smallest absolute Gasteiger partial charge is 0.255 e. The van der Waals surface area contributed by atoms with E-state index < -0.39 is 0 Å². The van der Waals surface area contributed by atoms with E-state index in [1.165, 1.54) is 18.9 Å². The van der Waals surface area contributed by atoms with Gasteiger partial charge in [0, 0.05) is 28.4 Å². The van der Waals surface area contributed by atoms with Gasteiger partial charge in [-0.15, -0.1) is 0 Å². The van der Waals surface area contributed by atoms with Crippen molar-refractivity contribution in [2.45, 2.75) is 31.7 Å². The monoisotopic (exact) mass is 492 g/mol. The van der Waals surface area contributed by atoms with E-state index in [4.69, 9.17) is 23.2 Å². The van der Waals surface area contributed by atoms with Gasteiger partial charge in [-0.05, 0) is 61.4 Å². The third-order valence-electron chi connectivity index (χ3n) is 6.03. The maximum atomic E-state index is 12.6. The Kier molecular flexibility index (Phi) is 6.26. The Morgan fingerprint density at radius 2 is 1.59 bits per heavy atom. The first-order valence-corrected chi connectivity index (χ1v) is 11.9. The highest BCUT2D eigenvalue weighted by molar-refractivity contribution is 6.42. The van der Waals surface area contributed by atoms with Crippen molar-refractivity contribution in [2.75, 3.05) is 5.32 Å². The second kappa shape index (κ2) is 9.49. The van der Waals surface area contributed by atoms with Crippen LogP contribution >= 0.6 is 23.2 Å². The zero-order chi connectivity index (χ0) is 23.7. The van der Waals surface area contributed by atoms with Gasteiger partial charge in [-0.25, -0.2) is 4.98 Å². The van der Waals surface area contributed by atoms with Crippen LogP contribution in [-0.2, 0) is 0 Å². The minimum Gasteiger partial charge on any atom is -0.349 e. The average molecular weight is 493 g/mol. The summed E-state index contributed by atoms with van der Waals surface area (Å²) in [6, 6.07) is 17.9. The standard InChI is InChI=1S/C26H22Cl2N4O2/c27-20-11-9-17(13-21(20)28)26(34)30-19-10-12-22-23(14-19)32-24(31-22)15-5-7-16(8-6-15)25(33)29-18-3-1-2-4-18/h5-14,18H,1-4H2,(H,29,33)(H,30,34)(H,31,32). The molecule has 1 saturated carbocycles. The molecule has 6 nitrogen and oxygen atoms in total. The van der Waals surface area contributed by atoms with Crippen LogP contribution in [0.1, 0.15) is 46.4 Å². The summed E-state index contributed by atoms with van der Waals surface area (Å²) in [5, 5.41) is 6.69. The Bertz CT molecular complexity index is 1380. The molecule has 4 aromatic rings. The second-order valence-electron chi connectivity index (χ2n) is 8.43. The van der Waals surface area contributed by atoms with E-state index in [2.05, 4.69) is 20.6 Å². The largest absolute Gasteiger partial charge is 0.349 e. The lowest BCUT2D eigenvalue weighted by molar-refractivity contribution is 0.0937. The molecule has 3 aromatic carbocycles. The number of carbonyl (C=O) groups excluding carboxylic acids is 2. The van der Waals surface area contributed by atoms with Crippen molar-refractivity contribution < 1.29 is 9.59 Å². The third kappa shape index (κ3) is 4.79. The lowest BCUT2D eigenvalue weighted by Gasteiger charge is -2.11. The Morgan fingerprint density at radius 3 is 2.32 bits per heavy atom. The van der Waals surface area contributed by atoms with Crippen LogP contribution in [0.15, 0.2) is 60.7 Å². The molecule has 0 spiro atoms. The van der Waals surface area contributed by atoms with Gasteiger partial charge < -0.3 is 15.6 Å². The molecule has 0 bridgehead atoms. The molecule has 0 radical (unpaired) electrons. The molecule has 0 aliphatic heterocycles. The van der Waals surface area contributed by atoms with E-state index in [1.54, 1.807) is 18.2 Å². The maximum absolute atomic E-state index is 12.6. The number of rotatable bonds is 5. The van der Waals surface area contributed by atoms with Crippen LogP contribution in [0.25, 0.3) is 22.4 Å². The summed E-state index contributed by atoms with van der Waals surface area (Å²) in [7, 11) is 0. The number of nitrogens with zero attached hydrogens (tertiary/aromatic N) is 1. The van der Waals surface area contributed by atoms with Gasteiger partial charge in [-0.2, -0.15) is 0 Å². The van der Waals surface area contributed by atoms with Crippen molar-refractivity contribution in [3.05, 3.63) is 81.8 Å². The molecule has 2 amide bonds. The number of hydrogen-bond donors (Lipinski definition) is 3. The Balaban J connectivity index is 1.30. The van der Waals surface area contributed by atoms with E-state index in [9.17, 15) is 9.59 Å². The molecule has 1 aromatic heterocycles. The van der Waals surface area contributed by atoms with Crippen molar-refractivity contribution >= 4 is 51.7 Å². The van der Waals surface area contributed by atoms with Crippen LogP contribution in [0.2, 0.25) is 10.0 Å². The topological polar surface area (TPSA) is 86.9 Å². The van der Waals surface area contributed by atoms with Gasteiger partial charge in [0.2, 0.25) is 0 Å². The molecule has 1 heterocycles. The minimum atomic E-state index is -0.288. The quantitative estimate of drug-likeness (QED) is 0.298. The summed E-state index contributed by atoms with van der Waals surface area (Å²) in [5.74, 6) is 0.361. The number of carbonyl (C=O) groups is 2. The molecule has 5 rings (SSSR count). The molecule has 1 fully saturated rings. The van der Waals surface area contributed by atoms with Crippen molar-refractivity contribution in [1.29, 1.82) is 0 Å². The number of amides is 2. The Labute approximate surface area is 206 Å². The first kappa shape index (κ1) is 22.4. The fourth-order valence-corrected chi connectivity index (χ4v) is 4.48. The molecular weight excluding hydrogens is 471 g/mol. The predicted octanol–water partition coefficient (Wildman–Crippen LogP) is 6.46. The van der Waals surface area contributed by atoms with Gasteiger partial charge in [0.1, 0.15) is 5.82 Å². The molecule has 34 heavy (non-hydrogen) atoms. The minimum absolute atomic E-state index is 0.0367. The van der Waals surface area contributed by atoms with Crippen LogP contribution in [0.4, 0.5) is 5.69 Å². The zero-order valence-electron chi connectivity index (χ0n) is 18.2. The number of aromatic nitrogens is 2. The summed E-state index contributed by atoms with van der Waals surface area (Å²) in [4.78, 5) is 33.0. The van der Waals surface area contributed by atoms with Crippen LogP contribution in [-0.4, -0.2) is 27.8 Å². The molecular formula is C26H22Cl2N4O2. The second-order valence-corrected chi connectivity index (χ2v) is 9.25. The van der Waals surface area contributed by atoms with E-state index in [0.29, 0.717) is 32.7 Å². The Morgan fingerprint density at radius 1 is 0.853 bits per heavy atom. The fraction of sp³-hybridized carbons (Fsp3) is 0.192. The number of nitrogens with one attached hydrogen (secondary N) is 3. The van der Waals surface area contributed by atoms with E-state index >= 15 is 0 Å². The van der Waals surface area contributed by atoms with Crippen molar-refractivity contribution in [2.24, 2.45) is 0 Å². The number of anilines is 1. The van der Waals surface area contributed by atoms with E-state index in [0.717, 1.165) is 29.4 Å². The number of halogens is 2. The summed E-state index contributed by atoms with van der Waals surface area (Å²) in [6.07, 6.45) is 4.46. The number of benzene rings is 3. The molecule has 1 aliphatic carbocycles. The molecule has 8 heteroatoms. The molecule has 3 N–H and O–H groups in total. The fourth-order valence-electron chi connectivity index (χ4n) is 4.18. The lowest BCUT2D eigenvalue weighted by Crippen LogP contribution is -2.32. The summed E-state index contributed by atoms with van der Waals surface area (Å²) in [6.45, 7) is 0. The van der Waals surface area contributed by atoms with Crippen LogP contribution in [0.3, 0.4) is 0 Å². The summed E-state index contributed by atoms with van der Waals surface area (Å²) < 4.78 is 0. The normalized spacial score (nSPS) is 13.8. The molecule has 0 unspecified atom stereocenters. The number of fused-ring (bicyclic) bond motifs is 1. The number of hydrogen-bond acceptors (Lipinski definition) is 3. The highest BCUT2D eigenvalue weighted by Gasteiger charge is 2.18. The SMILES string of the molecule is O=C(Nc1ccc2nc(-c3ccc(C(=O)NC4CCCC4)cc3)[nH]c2c1)c1ccc(Cl)c(Cl)c1. The first-order chi connectivity index (χ1) is 16.5. The maximum Gasteiger partial charge on any atom is 0.255 e. The summed E-state index contributed by atoms with van der Waals surface area (Å²) >= 11 is 11.9. The van der Waals surface area contributed by atoms with Crippen molar-refractivity contribution in [1.82, 2.24) is 15.3 Å². The molecule has 172 valence electrons. The van der Waals surface area contributed by atoms with Gasteiger partial charge in [0.25, 0.3) is 11.8 Å². The number of H-pyrrole nitrogens is 1. The highest BCUT2D eigenvalue weighted by atomic mass is 35.5. The third-order valence-corrected chi connectivity index (χ3v) is 6.77. The van der Waals surface area contributed by atoms with E-state index in [1.807, 2.05) is 36.4 Å². The molecule has 1 aliphatic rings. The van der Waals surface area contributed by atoms with Gasteiger partial charge in [0.05, 0.1) is 21.1 Å². The number of aromatic amines is 1. The van der Waals surface area contributed by atoms with Crippen LogP contribution < -0.4 is 10.6 Å². The first-order valence-electron chi connectivity index (χ1n) is 11.1. The average Bonchev–Trinajstić information content (AvgIpc) is 3.50.